The van der Waals surface area contributed by atoms with Gasteiger partial charge in [0.25, 0.3) is 5.91 Å². The number of anilines is 1. The maximum Gasteiger partial charge on any atom is 0.338 e. The molecule has 0 radical (unpaired) electrons. The second-order valence-corrected chi connectivity index (χ2v) is 6.59. The molecule has 0 aliphatic heterocycles. The molecule has 144 valence electrons. The van der Waals surface area contributed by atoms with Crippen molar-refractivity contribution in [2.75, 3.05) is 5.32 Å². The van der Waals surface area contributed by atoms with Crippen LogP contribution in [-0.4, -0.2) is 32.7 Å². The van der Waals surface area contributed by atoms with Gasteiger partial charge in [-0.1, -0.05) is 30.3 Å². The Morgan fingerprint density at radius 1 is 1.11 bits per heavy atom. The fourth-order valence-electron chi connectivity index (χ4n) is 2.77. The van der Waals surface area contributed by atoms with Crippen molar-refractivity contribution in [3.05, 3.63) is 77.4 Å². The van der Waals surface area contributed by atoms with Gasteiger partial charge in [0.05, 0.1) is 12.1 Å². The molecule has 0 bridgehead atoms. The molecule has 1 unspecified atom stereocenters. The quantitative estimate of drug-likeness (QED) is 0.666. The Morgan fingerprint density at radius 3 is 2.39 bits per heavy atom. The lowest BCUT2D eigenvalue weighted by Crippen LogP contribution is -2.30. The zero-order valence-corrected chi connectivity index (χ0v) is 16.0. The van der Waals surface area contributed by atoms with Crippen molar-refractivity contribution in [3.8, 4) is 0 Å². The number of ether oxygens (including phenoxy) is 1. The summed E-state index contributed by atoms with van der Waals surface area (Å²) < 4.78 is 7.01. The topological polar surface area (TPSA) is 86.1 Å². The zero-order valence-electron chi connectivity index (χ0n) is 16.0. The van der Waals surface area contributed by atoms with E-state index in [1.54, 1.807) is 30.1 Å². The molecule has 1 amide bonds. The number of carbonyl (C=O) groups is 2. The number of rotatable bonds is 6. The third-order valence-electron chi connectivity index (χ3n) is 4.38. The average molecular weight is 378 g/mol. The van der Waals surface area contributed by atoms with E-state index in [0.717, 1.165) is 22.4 Å². The molecule has 0 saturated heterocycles. The van der Waals surface area contributed by atoms with Crippen LogP contribution in [-0.2, 0) is 16.1 Å². The van der Waals surface area contributed by atoms with Crippen molar-refractivity contribution in [2.24, 2.45) is 0 Å². The summed E-state index contributed by atoms with van der Waals surface area (Å²) in [4.78, 5) is 28.6. The van der Waals surface area contributed by atoms with Crippen molar-refractivity contribution < 1.29 is 14.3 Å². The Morgan fingerprint density at radius 2 is 1.79 bits per heavy atom. The number of aryl methyl sites for hydroxylation is 2. The van der Waals surface area contributed by atoms with Crippen LogP contribution in [0.2, 0.25) is 0 Å². The van der Waals surface area contributed by atoms with Crippen molar-refractivity contribution in [3.63, 3.8) is 0 Å². The fraction of sp³-hybridized carbons (Fsp3) is 0.238. The van der Waals surface area contributed by atoms with Gasteiger partial charge < -0.3 is 10.1 Å². The number of amides is 1. The van der Waals surface area contributed by atoms with Crippen LogP contribution < -0.4 is 5.32 Å². The highest BCUT2D eigenvalue weighted by atomic mass is 16.5. The Kier molecular flexibility index (Phi) is 5.84. The smallest absolute Gasteiger partial charge is 0.338 e. The maximum atomic E-state index is 12.4. The monoisotopic (exact) mass is 378 g/mol. The molecule has 7 heteroatoms. The highest BCUT2D eigenvalue weighted by Gasteiger charge is 2.20. The van der Waals surface area contributed by atoms with E-state index >= 15 is 0 Å². The molecule has 0 spiro atoms. The van der Waals surface area contributed by atoms with Crippen LogP contribution in [0.15, 0.2) is 55.1 Å². The molecule has 3 aromatic rings. The van der Waals surface area contributed by atoms with E-state index in [1.165, 1.54) is 6.33 Å². The third-order valence-corrected chi connectivity index (χ3v) is 4.38. The number of aromatic nitrogens is 3. The van der Waals surface area contributed by atoms with E-state index < -0.39 is 12.1 Å². The molecule has 0 saturated carbocycles. The van der Waals surface area contributed by atoms with Crippen molar-refractivity contribution >= 4 is 17.6 Å². The largest absolute Gasteiger partial charge is 0.449 e. The van der Waals surface area contributed by atoms with E-state index in [2.05, 4.69) is 15.4 Å². The molecule has 2 aromatic carbocycles. The predicted octanol–water partition coefficient (Wildman–Crippen LogP) is 3.13. The molecule has 28 heavy (non-hydrogen) atoms. The van der Waals surface area contributed by atoms with Gasteiger partial charge in [0.1, 0.15) is 12.7 Å². The minimum atomic E-state index is -0.915. The highest BCUT2D eigenvalue weighted by molar-refractivity contribution is 5.98. The van der Waals surface area contributed by atoms with Gasteiger partial charge in [0.15, 0.2) is 6.10 Å². The number of para-hydroxylation sites is 1. The summed E-state index contributed by atoms with van der Waals surface area (Å²) in [5, 5.41) is 6.88. The summed E-state index contributed by atoms with van der Waals surface area (Å²) in [5.41, 5.74) is 4.01. The van der Waals surface area contributed by atoms with Gasteiger partial charge in [0.2, 0.25) is 0 Å². The molecule has 1 N–H and O–H groups in total. The van der Waals surface area contributed by atoms with Crippen LogP contribution in [0.5, 0.6) is 0 Å². The first-order chi connectivity index (χ1) is 13.4. The van der Waals surface area contributed by atoms with Gasteiger partial charge in [-0.3, -0.25) is 4.79 Å². The molecule has 1 aromatic heterocycles. The average Bonchev–Trinajstić information content (AvgIpc) is 3.18. The number of carbonyl (C=O) groups excluding carboxylic acids is 2. The number of hydrogen-bond acceptors (Lipinski definition) is 5. The summed E-state index contributed by atoms with van der Waals surface area (Å²) in [6.07, 6.45) is 2.18. The normalized spacial score (nSPS) is 11.7. The number of esters is 1. The first-order valence-corrected chi connectivity index (χ1v) is 8.93. The van der Waals surface area contributed by atoms with E-state index in [0.29, 0.717) is 12.1 Å². The Labute approximate surface area is 163 Å². The van der Waals surface area contributed by atoms with Gasteiger partial charge in [-0.25, -0.2) is 14.5 Å². The number of nitrogens with one attached hydrogen (secondary N) is 1. The lowest BCUT2D eigenvalue weighted by Gasteiger charge is -2.16. The Balaban J connectivity index is 1.59. The number of hydrogen-bond donors (Lipinski definition) is 1. The molecule has 1 heterocycles. The van der Waals surface area contributed by atoms with Crippen LogP contribution in [0.3, 0.4) is 0 Å². The van der Waals surface area contributed by atoms with Gasteiger partial charge in [0, 0.05) is 5.69 Å². The summed E-state index contributed by atoms with van der Waals surface area (Å²) in [5.74, 6) is -0.912. The summed E-state index contributed by atoms with van der Waals surface area (Å²) in [7, 11) is 0. The van der Waals surface area contributed by atoms with Gasteiger partial charge in [-0.15, -0.1) is 0 Å². The van der Waals surface area contributed by atoms with Crippen molar-refractivity contribution in [2.45, 2.75) is 33.4 Å². The lowest BCUT2D eigenvalue weighted by molar-refractivity contribution is -0.123. The standard InChI is InChI=1S/C21H22N4O3/c1-14-5-4-6-15(2)19(14)24-20(26)16(3)28-21(27)18-9-7-17(8-10-18)11-25-13-22-12-23-25/h4-10,12-13,16H,11H2,1-3H3,(H,24,26). The predicted molar refractivity (Wildman–Crippen MR) is 105 cm³/mol. The Bertz CT molecular complexity index is 946. The molecule has 7 nitrogen and oxygen atoms in total. The highest BCUT2D eigenvalue weighted by Crippen LogP contribution is 2.20. The molecule has 0 aliphatic rings. The lowest BCUT2D eigenvalue weighted by atomic mass is 10.1. The van der Waals surface area contributed by atoms with Gasteiger partial charge in [-0.05, 0) is 49.6 Å². The van der Waals surface area contributed by atoms with Crippen LogP contribution in [0, 0.1) is 13.8 Å². The van der Waals surface area contributed by atoms with E-state index in [1.807, 2.05) is 44.2 Å². The summed E-state index contributed by atoms with van der Waals surface area (Å²) in [6, 6.07) is 12.7. The first kappa shape index (κ1) is 19.3. The van der Waals surface area contributed by atoms with Gasteiger partial charge >= 0.3 is 5.97 Å². The van der Waals surface area contributed by atoms with E-state index in [9.17, 15) is 9.59 Å². The molecular weight excluding hydrogens is 356 g/mol. The fourth-order valence-corrected chi connectivity index (χ4v) is 2.77. The SMILES string of the molecule is Cc1cccc(C)c1NC(=O)C(C)OC(=O)c1ccc(Cn2cncn2)cc1. The van der Waals surface area contributed by atoms with Crippen LogP contribution in [0.1, 0.15) is 34.0 Å². The minimum absolute atomic E-state index is 0.367. The number of benzene rings is 2. The van der Waals surface area contributed by atoms with Crippen molar-refractivity contribution in [1.29, 1.82) is 0 Å². The second kappa shape index (κ2) is 8.47. The van der Waals surface area contributed by atoms with Crippen LogP contribution in [0.25, 0.3) is 0 Å². The summed E-state index contributed by atoms with van der Waals surface area (Å²) in [6.45, 7) is 5.95. The molecule has 0 fully saturated rings. The van der Waals surface area contributed by atoms with E-state index in [-0.39, 0.29) is 5.91 Å². The molecule has 0 aliphatic carbocycles. The number of nitrogens with zero attached hydrogens (tertiary/aromatic N) is 3. The van der Waals surface area contributed by atoms with Crippen LogP contribution >= 0.6 is 0 Å². The second-order valence-electron chi connectivity index (χ2n) is 6.59. The third kappa shape index (κ3) is 4.62. The van der Waals surface area contributed by atoms with Crippen LogP contribution in [0.4, 0.5) is 5.69 Å². The molecule has 3 rings (SSSR count). The minimum Gasteiger partial charge on any atom is -0.449 e. The summed E-state index contributed by atoms with van der Waals surface area (Å²) >= 11 is 0. The van der Waals surface area contributed by atoms with E-state index in [4.69, 9.17) is 4.74 Å². The maximum absolute atomic E-state index is 12.4. The zero-order chi connectivity index (χ0) is 20.1. The van der Waals surface area contributed by atoms with Crippen molar-refractivity contribution in [1.82, 2.24) is 14.8 Å². The first-order valence-electron chi connectivity index (χ1n) is 8.93. The Hall–Kier alpha value is -3.48. The van der Waals surface area contributed by atoms with Gasteiger partial charge in [-0.2, -0.15) is 5.10 Å². The molecular formula is C21H22N4O3. The molecule has 1 atom stereocenters.